The summed E-state index contributed by atoms with van der Waals surface area (Å²) in [5.41, 5.74) is 0.181. The number of ether oxygens (including phenoxy) is 1. The number of aliphatic hydroxyl groups excluding tert-OH is 3. The Labute approximate surface area is 104 Å². The van der Waals surface area contributed by atoms with Crippen molar-refractivity contribution in [1.82, 2.24) is 5.32 Å². The molecule has 7 heteroatoms. The monoisotopic (exact) mass is 256 g/mol. The second-order valence-corrected chi connectivity index (χ2v) is 4.54. The molecule has 0 aliphatic carbocycles. The van der Waals surface area contributed by atoms with E-state index in [2.05, 4.69) is 5.32 Å². The maximum Gasteiger partial charge on any atom is 0.254 e. The van der Waals surface area contributed by atoms with Crippen LogP contribution in [-0.4, -0.2) is 58.1 Å². The van der Waals surface area contributed by atoms with E-state index in [9.17, 15) is 15.0 Å². The van der Waals surface area contributed by atoms with Gasteiger partial charge in [-0.25, -0.2) is 0 Å². The first-order valence-electron chi connectivity index (χ1n) is 5.69. The van der Waals surface area contributed by atoms with Crippen LogP contribution in [0.5, 0.6) is 0 Å². The van der Waals surface area contributed by atoms with Crippen molar-refractivity contribution in [3.63, 3.8) is 0 Å². The zero-order valence-corrected chi connectivity index (χ0v) is 9.83. The standard InChI is InChI=1S/C11H16N2O5/c1-4-2-5(11(17)13-10(4)12)9-8(16)7(15)6(3-14)18-9/h2,4,6-9,14-16H,3H2,1H3,(H2,12,13,17)/t4?,6-,7-,8-,9+/m1/s1. The lowest BCUT2D eigenvalue weighted by molar-refractivity contribution is -0.118. The van der Waals surface area contributed by atoms with E-state index in [4.69, 9.17) is 15.3 Å². The maximum atomic E-state index is 11.7. The quantitative estimate of drug-likeness (QED) is 0.396. The highest BCUT2D eigenvalue weighted by Gasteiger charge is 2.46. The molecule has 0 aromatic rings. The fraction of sp³-hybridized carbons (Fsp3) is 0.636. The largest absolute Gasteiger partial charge is 0.394 e. The molecule has 7 nitrogen and oxygen atoms in total. The molecule has 0 saturated carbocycles. The molecule has 0 spiro atoms. The highest BCUT2D eigenvalue weighted by Crippen LogP contribution is 2.28. The first-order chi connectivity index (χ1) is 8.45. The smallest absolute Gasteiger partial charge is 0.254 e. The van der Waals surface area contributed by atoms with E-state index >= 15 is 0 Å². The van der Waals surface area contributed by atoms with Crippen molar-refractivity contribution in [2.45, 2.75) is 31.3 Å². The lowest BCUT2D eigenvalue weighted by atomic mass is 9.94. The predicted octanol–water partition coefficient (Wildman–Crippen LogP) is -1.86. The Balaban J connectivity index is 2.24. The number of nitrogens with one attached hydrogen (secondary N) is 2. The third-order valence-electron chi connectivity index (χ3n) is 3.24. The lowest BCUT2D eigenvalue weighted by Gasteiger charge is -2.24. The van der Waals surface area contributed by atoms with Crippen LogP contribution in [0, 0.1) is 11.3 Å². The Morgan fingerprint density at radius 2 is 2.11 bits per heavy atom. The van der Waals surface area contributed by atoms with Crippen LogP contribution in [0.3, 0.4) is 0 Å². The first kappa shape index (κ1) is 13.2. The number of hydrogen-bond donors (Lipinski definition) is 5. The minimum atomic E-state index is -1.27. The van der Waals surface area contributed by atoms with E-state index in [1.165, 1.54) is 6.08 Å². The molecule has 0 bridgehead atoms. The van der Waals surface area contributed by atoms with Gasteiger partial charge in [0.15, 0.2) is 0 Å². The molecule has 0 radical (unpaired) electrons. The summed E-state index contributed by atoms with van der Waals surface area (Å²) in [6.45, 7) is 1.29. The summed E-state index contributed by atoms with van der Waals surface area (Å²) in [4.78, 5) is 11.7. The SMILES string of the molecule is CC1C=C([C@@H]2O[C@H](CO)[C@@H](O)[C@H]2O)C(=O)NC1=N. The molecule has 1 amide bonds. The number of hydrogen-bond acceptors (Lipinski definition) is 6. The van der Waals surface area contributed by atoms with Gasteiger partial charge in [0.05, 0.1) is 6.61 Å². The maximum absolute atomic E-state index is 11.7. The van der Waals surface area contributed by atoms with Gasteiger partial charge in [-0.15, -0.1) is 0 Å². The van der Waals surface area contributed by atoms with Crippen LogP contribution in [0.4, 0.5) is 0 Å². The number of amidine groups is 1. The normalized spacial score (nSPS) is 40.7. The lowest BCUT2D eigenvalue weighted by Crippen LogP contribution is -2.44. The summed E-state index contributed by atoms with van der Waals surface area (Å²) >= 11 is 0. The van der Waals surface area contributed by atoms with Gasteiger partial charge in [-0.1, -0.05) is 13.0 Å². The third kappa shape index (κ3) is 2.05. The van der Waals surface area contributed by atoms with Gasteiger partial charge in [0, 0.05) is 11.5 Å². The Morgan fingerprint density at radius 3 is 2.67 bits per heavy atom. The van der Waals surface area contributed by atoms with Gasteiger partial charge in [-0.2, -0.15) is 0 Å². The van der Waals surface area contributed by atoms with Crippen LogP contribution >= 0.6 is 0 Å². The molecule has 2 heterocycles. The molecule has 2 rings (SSSR count). The van der Waals surface area contributed by atoms with Crippen LogP contribution in [0.25, 0.3) is 0 Å². The molecule has 100 valence electrons. The minimum Gasteiger partial charge on any atom is -0.394 e. The van der Waals surface area contributed by atoms with Gasteiger partial charge in [0.2, 0.25) is 0 Å². The molecule has 1 saturated heterocycles. The summed E-state index contributed by atoms with van der Waals surface area (Å²) in [6, 6.07) is 0. The third-order valence-corrected chi connectivity index (χ3v) is 3.24. The summed E-state index contributed by atoms with van der Waals surface area (Å²) in [6.07, 6.45) is -2.85. The van der Waals surface area contributed by atoms with E-state index in [1.807, 2.05) is 0 Å². The fourth-order valence-electron chi connectivity index (χ4n) is 2.12. The molecular formula is C11H16N2O5. The van der Waals surface area contributed by atoms with E-state index in [0.717, 1.165) is 0 Å². The highest BCUT2D eigenvalue weighted by molar-refractivity contribution is 6.09. The summed E-state index contributed by atoms with van der Waals surface area (Å²) in [5.74, 6) is -0.734. The van der Waals surface area contributed by atoms with Crippen molar-refractivity contribution in [3.05, 3.63) is 11.6 Å². The summed E-state index contributed by atoms with van der Waals surface area (Å²) in [5, 5.41) is 38.3. The topological polar surface area (TPSA) is 123 Å². The molecule has 5 N–H and O–H groups in total. The number of amides is 1. The van der Waals surface area contributed by atoms with Gasteiger partial charge in [-0.05, 0) is 0 Å². The number of carbonyl (C=O) groups is 1. The van der Waals surface area contributed by atoms with Gasteiger partial charge in [-0.3, -0.25) is 10.2 Å². The van der Waals surface area contributed by atoms with Crippen molar-refractivity contribution < 1.29 is 24.9 Å². The number of aliphatic hydroxyl groups is 3. The average molecular weight is 256 g/mol. The van der Waals surface area contributed by atoms with Gasteiger partial charge >= 0.3 is 0 Å². The Kier molecular flexibility index (Phi) is 3.49. The van der Waals surface area contributed by atoms with Crippen LogP contribution < -0.4 is 5.32 Å². The van der Waals surface area contributed by atoms with Crippen molar-refractivity contribution in [1.29, 1.82) is 5.41 Å². The molecule has 5 atom stereocenters. The number of carbonyl (C=O) groups excluding carboxylic acids is 1. The van der Waals surface area contributed by atoms with Gasteiger partial charge in [0.1, 0.15) is 30.3 Å². The van der Waals surface area contributed by atoms with Crippen molar-refractivity contribution in [3.8, 4) is 0 Å². The van der Waals surface area contributed by atoms with E-state index in [0.29, 0.717) is 0 Å². The summed E-state index contributed by atoms with van der Waals surface area (Å²) < 4.78 is 5.28. The molecule has 2 aliphatic rings. The Morgan fingerprint density at radius 1 is 1.44 bits per heavy atom. The Bertz CT molecular complexity index is 408. The van der Waals surface area contributed by atoms with E-state index in [-0.39, 0.29) is 17.3 Å². The zero-order valence-electron chi connectivity index (χ0n) is 9.83. The average Bonchev–Trinajstić information content (AvgIpc) is 2.61. The second-order valence-electron chi connectivity index (χ2n) is 4.54. The van der Waals surface area contributed by atoms with Crippen LogP contribution in [-0.2, 0) is 9.53 Å². The molecule has 0 aromatic heterocycles. The summed E-state index contributed by atoms with van der Waals surface area (Å²) in [7, 11) is 0. The minimum absolute atomic E-state index is 0.0792. The second kappa shape index (κ2) is 4.77. The van der Waals surface area contributed by atoms with Crippen molar-refractivity contribution >= 4 is 11.7 Å². The molecular weight excluding hydrogens is 240 g/mol. The highest BCUT2D eigenvalue weighted by atomic mass is 16.6. The van der Waals surface area contributed by atoms with Crippen molar-refractivity contribution in [2.75, 3.05) is 6.61 Å². The van der Waals surface area contributed by atoms with Gasteiger partial charge in [0.25, 0.3) is 5.91 Å². The van der Waals surface area contributed by atoms with Crippen LogP contribution in [0.2, 0.25) is 0 Å². The van der Waals surface area contributed by atoms with Crippen molar-refractivity contribution in [2.24, 2.45) is 5.92 Å². The van der Waals surface area contributed by atoms with Crippen LogP contribution in [0.15, 0.2) is 11.6 Å². The first-order valence-corrected chi connectivity index (χ1v) is 5.69. The molecule has 18 heavy (non-hydrogen) atoms. The molecule has 1 fully saturated rings. The molecule has 1 unspecified atom stereocenters. The predicted molar refractivity (Wildman–Crippen MR) is 60.9 cm³/mol. The van der Waals surface area contributed by atoms with E-state index < -0.39 is 36.9 Å². The van der Waals surface area contributed by atoms with E-state index in [1.54, 1.807) is 6.92 Å². The molecule has 2 aliphatic heterocycles. The fourth-order valence-corrected chi connectivity index (χ4v) is 2.12. The van der Waals surface area contributed by atoms with Gasteiger partial charge < -0.3 is 25.4 Å². The molecule has 0 aromatic carbocycles. The number of rotatable bonds is 2. The Hall–Kier alpha value is -1.28. The zero-order chi connectivity index (χ0) is 13.4. The van der Waals surface area contributed by atoms with Crippen LogP contribution in [0.1, 0.15) is 6.92 Å².